The normalized spacial score (nSPS) is 15.1. The minimum atomic E-state index is -0.402. The lowest BCUT2D eigenvalue weighted by molar-refractivity contribution is 0.779. The first-order chi connectivity index (χ1) is 25.8. The van der Waals surface area contributed by atoms with Gasteiger partial charge in [-0.05, 0) is 215 Å². The monoisotopic (exact) mass is 694 g/mol. The third-order valence-electron chi connectivity index (χ3n) is 14.4. The van der Waals surface area contributed by atoms with E-state index in [0.717, 1.165) is 0 Å². The van der Waals surface area contributed by atoms with Crippen LogP contribution in [-0.4, -0.2) is 0 Å². The first-order valence-corrected chi connectivity index (χ1v) is 19.7. The lowest BCUT2D eigenvalue weighted by atomic mass is 9.67. The quantitative estimate of drug-likeness (QED) is 0.148. The zero-order valence-corrected chi connectivity index (χ0v) is 33.2. The Hall–Kier alpha value is -5.46. The predicted octanol–water partition coefficient (Wildman–Crippen LogP) is 13.5. The van der Waals surface area contributed by atoms with E-state index >= 15 is 0 Å². The van der Waals surface area contributed by atoms with Crippen molar-refractivity contribution >= 4 is 0 Å². The van der Waals surface area contributed by atoms with E-state index in [1.54, 1.807) is 0 Å². The summed E-state index contributed by atoms with van der Waals surface area (Å²) in [5.41, 5.74) is 35.1. The Kier molecular flexibility index (Phi) is 6.04. The van der Waals surface area contributed by atoms with Gasteiger partial charge in [-0.2, -0.15) is 0 Å². The molecule has 262 valence electrons. The van der Waals surface area contributed by atoms with Crippen molar-refractivity contribution in [3.8, 4) is 44.5 Å². The molecule has 0 saturated carbocycles. The van der Waals surface area contributed by atoms with Crippen LogP contribution < -0.4 is 0 Å². The molecule has 0 bridgehead atoms. The topological polar surface area (TPSA) is 0 Å². The summed E-state index contributed by atoms with van der Waals surface area (Å²) in [5.74, 6) is 0. The van der Waals surface area contributed by atoms with E-state index < -0.39 is 10.8 Å². The molecule has 0 unspecified atom stereocenters. The molecule has 0 N–H and O–H groups in total. The SMILES string of the molecule is Cc1ccc2c(c1)C1(c3cc(C)c(C)cc3-c3cc(C)c(C)cc31)c1cc3c(cc1-2)C1(c2cc(C)ccc2-3)c2cc(C)c(C)cc2-c2cc(C)c(C)cc21. The van der Waals surface area contributed by atoms with E-state index in [2.05, 4.69) is 166 Å². The molecule has 0 heteroatoms. The van der Waals surface area contributed by atoms with E-state index in [-0.39, 0.29) is 0 Å². The van der Waals surface area contributed by atoms with Gasteiger partial charge in [0.25, 0.3) is 0 Å². The van der Waals surface area contributed by atoms with Crippen molar-refractivity contribution in [1.29, 1.82) is 0 Å². The van der Waals surface area contributed by atoms with Crippen molar-refractivity contribution in [2.45, 2.75) is 80.1 Å². The van der Waals surface area contributed by atoms with Gasteiger partial charge in [0.15, 0.2) is 0 Å². The lowest BCUT2D eigenvalue weighted by Crippen LogP contribution is -2.28. The summed E-state index contributed by atoms with van der Waals surface area (Å²) in [5, 5.41) is 0. The van der Waals surface area contributed by atoms with Gasteiger partial charge >= 0.3 is 0 Å². The van der Waals surface area contributed by atoms with Crippen LogP contribution >= 0.6 is 0 Å². The van der Waals surface area contributed by atoms with Gasteiger partial charge in [0, 0.05) is 0 Å². The van der Waals surface area contributed by atoms with Crippen molar-refractivity contribution in [3.05, 3.63) is 197 Å². The molecule has 4 aliphatic carbocycles. The largest absolute Gasteiger partial charge is 0.0726 e. The highest BCUT2D eigenvalue weighted by Crippen LogP contribution is 2.68. The summed E-state index contributed by atoms with van der Waals surface area (Å²) in [6.45, 7) is 22.8. The molecule has 7 aromatic carbocycles. The maximum absolute atomic E-state index is 2.66. The third-order valence-corrected chi connectivity index (χ3v) is 14.4. The Morgan fingerprint density at radius 3 is 0.741 bits per heavy atom. The zero-order chi connectivity index (χ0) is 37.3. The molecule has 0 fully saturated rings. The van der Waals surface area contributed by atoms with Crippen molar-refractivity contribution in [2.75, 3.05) is 0 Å². The molecule has 11 rings (SSSR count). The summed E-state index contributed by atoms with van der Waals surface area (Å²) >= 11 is 0. The van der Waals surface area contributed by atoms with Crippen LogP contribution in [0.4, 0.5) is 0 Å². The highest BCUT2D eigenvalue weighted by Gasteiger charge is 2.56. The van der Waals surface area contributed by atoms with Gasteiger partial charge in [0.2, 0.25) is 0 Å². The van der Waals surface area contributed by atoms with Gasteiger partial charge in [-0.1, -0.05) is 96.1 Å². The molecule has 7 aromatic rings. The molecule has 0 amide bonds. The lowest BCUT2D eigenvalue weighted by Gasteiger charge is -2.33. The van der Waals surface area contributed by atoms with E-state index in [1.165, 1.54) is 145 Å². The highest BCUT2D eigenvalue weighted by atomic mass is 14.6. The number of aryl methyl sites for hydroxylation is 10. The molecule has 54 heavy (non-hydrogen) atoms. The van der Waals surface area contributed by atoms with Crippen LogP contribution in [0.25, 0.3) is 44.5 Å². The molecular weight excluding hydrogens is 649 g/mol. The smallest absolute Gasteiger partial charge is 0.0587 e. The number of hydrogen-bond acceptors (Lipinski definition) is 0. The Labute approximate surface area is 320 Å². The van der Waals surface area contributed by atoms with Crippen molar-refractivity contribution < 1.29 is 0 Å². The van der Waals surface area contributed by atoms with Crippen LogP contribution in [0.2, 0.25) is 0 Å². The second kappa shape index (κ2) is 10.2. The summed E-state index contributed by atoms with van der Waals surface area (Å²) in [6, 6.07) is 39.9. The Bertz CT molecular complexity index is 2610. The Morgan fingerprint density at radius 1 is 0.222 bits per heavy atom. The Morgan fingerprint density at radius 2 is 0.444 bits per heavy atom. The van der Waals surface area contributed by atoms with Gasteiger partial charge < -0.3 is 0 Å². The van der Waals surface area contributed by atoms with E-state index in [1.807, 2.05) is 0 Å². The molecule has 0 nitrogen and oxygen atoms in total. The summed E-state index contributed by atoms with van der Waals surface area (Å²) in [7, 11) is 0. The second-order valence-corrected chi connectivity index (χ2v) is 17.5. The maximum Gasteiger partial charge on any atom is 0.0726 e. The fourth-order valence-electron chi connectivity index (χ4n) is 11.2. The minimum Gasteiger partial charge on any atom is -0.0587 e. The summed E-state index contributed by atoms with van der Waals surface area (Å²) in [4.78, 5) is 0. The molecule has 2 spiro atoms. The fourth-order valence-corrected chi connectivity index (χ4v) is 11.2. The molecule has 0 radical (unpaired) electrons. The van der Waals surface area contributed by atoms with Gasteiger partial charge in [-0.25, -0.2) is 0 Å². The molecule has 0 aromatic heterocycles. The van der Waals surface area contributed by atoms with Crippen LogP contribution in [0, 0.1) is 69.2 Å². The first kappa shape index (κ1) is 32.0. The van der Waals surface area contributed by atoms with E-state index in [0.29, 0.717) is 0 Å². The van der Waals surface area contributed by atoms with Gasteiger partial charge in [-0.3, -0.25) is 0 Å². The molecular formula is C54H46. The van der Waals surface area contributed by atoms with E-state index in [4.69, 9.17) is 0 Å². The van der Waals surface area contributed by atoms with Crippen LogP contribution in [0.5, 0.6) is 0 Å². The Balaban J connectivity index is 1.34. The van der Waals surface area contributed by atoms with Crippen molar-refractivity contribution in [3.63, 3.8) is 0 Å². The third kappa shape index (κ3) is 3.57. The fraction of sp³-hybridized carbons (Fsp3) is 0.222. The average molecular weight is 695 g/mol. The number of benzene rings is 7. The minimum absolute atomic E-state index is 0.402. The predicted molar refractivity (Wildman–Crippen MR) is 226 cm³/mol. The number of fused-ring (bicyclic) bond motifs is 20. The maximum atomic E-state index is 2.66. The van der Waals surface area contributed by atoms with Crippen LogP contribution in [-0.2, 0) is 10.8 Å². The highest BCUT2D eigenvalue weighted by molar-refractivity contribution is 6.01. The molecule has 0 aliphatic heterocycles. The average Bonchev–Trinajstić information content (AvgIpc) is 3.75. The molecule has 0 heterocycles. The molecule has 0 saturated heterocycles. The second-order valence-electron chi connectivity index (χ2n) is 17.5. The first-order valence-electron chi connectivity index (χ1n) is 19.7. The standard InChI is InChI=1S/C54H46/c1-27-11-13-37-43-25-52-44(26-51(43)53(45(37)15-27)47-21-33(7)29(3)17-39(47)40-18-30(4)34(8)22-48(40)53)38-14-12-28(2)16-46(38)54(52)49-23-35(9)31(5)19-41(49)42-20-32(6)36(10)24-50(42)54/h11-26H,1-10H3. The van der Waals surface area contributed by atoms with Crippen LogP contribution in [0.1, 0.15) is 100 Å². The van der Waals surface area contributed by atoms with Crippen LogP contribution in [0.3, 0.4) is 0 Å². The van der Waals surface area contributed by atoms with Gasteiger partial charge in [-0.15, -0.1) is 0 Å². The van der Waals surface area contributed by atoms with Gasteiger partial charge in [0.05, 0.1) is 10.8 Å². The number of hydrogen-bond donors (Lipinski definition) is 0. The van der Waals surface area contributed by atoms with Gasteiger partial charge in [0.1, 0.15) is 0 Å². The van der Waals surface area contributed by atoms with Crippen molar-refractivity contribution in [1.82, 2.24) is 0 Å². The zero-order valence-electron chi connectivity index (χ0n) is 33.2. The summed E-state index contributed by atoms with van der Waals surface area (Å²) in [6.07, 6.45) is 0. The molecule has 0 atom stereocenters. The number of rotatable bonds is 0. The molecule has 4 aliphatic rings. The van der Waals surface area contributed by atoms with Crippen molar-refractivity contribution in [2.24, 2.45) is 0 Å². The summed E-state index contributed by atoms with van der Waals surface area (Å²) < 4.78 is 0. The van der Waals surface area contributed by atoms with Crippen LogP contribution in [0.15, 0.2) is 97.1 Å². The van der Waals surface area contributed by atoms with E-state index in [9.17, 15) is 0 Å².